The van der Waals surface area contributed by atoms with E-state index in [-0.39, 0.29) is 11.3 Å². The first-order valence-electron chi connectivity index (χ1n) is 5.54. The number of hydrogen-bond donors (Lipinski definition) is 1. The minimum absolute atomic E-state index is 0.112. The predicted molar refractivity (Wildman–Crippen MR) is 64.9 cm³/mol. The third kappa shape index (κ3) is 3.86. The molecule has 92 valence electrons. The fourth-order valence-electron chi connectivity index (χ4n) is 1.39. The Labute approximate surface area is 100.0 Å². The van der Waals surface area contributed by atoms with E-state index in [2.05, 4.69) is 19.2 Å². The summed E-state index contributed by atoms with van der Waals surface area (Å²) >= 11 is 0. The molecule has 0 aliphatic carbocycles. The first kappa shape index (κ1) is 13.2. The number of amides is 1. The zero-order valence-electron chi connectivity index (χ0n) is 9.97. The summed E-state index contributed by atoms with van der Waals surface area (Å²) in [6.45, 7) is 4.64. The van der Waals surface area contributed by atoms with Gasteiger partial charge in [0.25, 0.3) is 11.6 Å². The van der Waals surface area contributed by atoms with Gasteiger partial charge in [0.05, 0.1) is 4.92 Å². The molecule has 0 aliphatic rings. The van der Waals surface area contributed by atoms with E-state index in [1.54, 1.807) is 12.1 Å². The number of para-hydroxylation sites is 1. The Morgan fingerprint density at radius 2 is 2.06 bits per heavy atom. The van der Waals surface area contributed by atoms with Crippen molar-refractivity contribution >= 4 is 11.6 Å². The molecule has 1 aromatic carbocycles. The van der Waals surface area contributed by atoms with Gasteiger partial charge >= 0.3 is 0 Å². The molecule has 0 aliphatic heterocycles. The molecule has 5 nitrogen and oxygen atoms in total. The molecule has 1 amide bonds. The summed E-state index contributed by atoms with van der Waals surface area (Å²) in [5, 5.41) is 13.4. The van der Waals surface area contributed by atoms with Gasteiger partial charge in [-0.1, -0.05) is 26.0 Å². The van der Waals surface area contributed by atoms with Crippen molar-refractivity contribution in [3.8, 4) is 0 Å². The molecule has 0 aromatic heterocycles. The molecule has 0 spiro atoms. The molecule has 1 aromatic rings. The van der Waals surface area contributed by atoms with Crippen LogP contribution < -0.4 is 5.32 Å². The lowest BCUT2D eigenvalue weighted by Crippen LogP contribution is -2.26. The minimum Gasteiger partial charge on any atom is -0.352 e. The molecule has 0 atom stereocenters. The van der Waals surface area contributed by atoms with Gasteiger partial charge in [0.1, 0.15) is 5.56 Å². The van der Waals surface area contributed by atoms with Gasteiger partial charge in [0.2, 0.25) is 0 Å². The van der Waals surface area contributed by atoms with E-state index >= 15 is 0 Å². The summed E-state index contributed by atoms with van der Waals surface area (Å²) in [4.78, 5) is 21.9. The average molecular weight is 236 g/mol. The van der Waals surface area contributed by atoms with Crippen molar-refractivity contribution in [2.24, 2.45) is 5.92 Å². The van der Waals surface area contributed by atoms with E-state index < -0.39 is 10.8 Å². The largest absolute Gasteiger partial charge is 0.352 e. The molecule has 1 N–H and O–H groups in total. The van der Waals surface area contributed by atoms with Gasteiger partial charge in [-0.2, -0.15) is 0 Å². The smallest absolute Gasteiger partial charge is 0.282 e. The highest BCUT2D eigenvalue weighted by molar-refractivity contribution is 5.98. The number of rotatable bonds is 5. The Kier molecular flexibility index (Phi) is 4.63. The van der Waals surface area contributed by atoms with Crippen LogP contribution in [0.25, 0.3) is 0 Å². The fraction of sp³-hybridized carbons (Fsp3) is 0.417. The molecule has 0 saturated carbocycles. The Balaban J connectivity index is 2.72. The zero-order chi connectivity index (χ0) is 12.8. The highest BCUT2D eigenvalue weighted by atomic mass is 16.6. The van der Waals surface area contributed by atoms with Crippen molar-refractivity contribution in [2.75, 3.05) is 6.54 Å². The second kappa shape index (κ2) is 5.98. The molecule has 0 bridgehead atoms. The molecule has 0 saturated heterocycles. The van der Waals surface area contributed by atoms with Gasteiger partial charge in [-0.05, 0) is 18.4 Å². The summed E-state index contributed by atoms with van der Waals surface area (Å²) in [5.41, 5.74) is -0.0456. The van der Waals surface area contributed by atoms with Crippen molar-refractivity contribution in [1.82, 2.24) is 5.32 Å². The molecule has 0 radical (unpaired) electrons. The molecule has 17 heavy (non-hydrogen) atoms. The van der Waals surface area contributed by atoms with Crippen LogP contribution >= 0.6 is 0 Å². The van der Waals surface area contributed by atoms with Crippen LogP contribution in [0.5, 0.6) is 0 Å². The van der Waals surface area contributed by atoms with Crippen LogP contribution in [0.1, 0.15) is 30.6 Å². The van der Waals surface area contributed by atoms with E-state index in [0.717, 1.165) is 6.42 Å². The molecular formula is C12H16N2O3. The number of hydrogen-bond acceptors (Lipinski definition) is 3. The van der Waals surface area contributed by atoms with E-state index in [0.29, 0.717) is 12.5 Å². The maximum Gasteiger partial charge on any atom is 0.282 e. The van der Waals surface area contributed by atoms with Gasteiger partial charge in [-0.25, -0.2) is 0 Å². The molecule has 5 heteroatoms. The van der Waals surface area contributed by atoms with Gasteiger partial charge in [-0.3, -0.25) is 14.9 Å². The third-order valence-corrected chi connectivity index (χ3v) is 2.35. The maximum atomic E-state index is 11.7. The predicted octanol–water partition coefficient (Wildman–Crippen LogP) is 2.37. The monoisotopic (exact) mass is 236 g/mol. The summed E-state index contributed by atoms with van der Waals surface area (Å²) < 4.78 is 0. The van der Waals surface area contributed by atoms with E-state index in [1.807, 2.05) is 0 Å². The zero-order valence-corrected chi connectivity index (χ0v) is 9.97. The fourth-order valence-corrected chi connectivity index (χ4v) is 1.39. The van der Waals surface area contributed by atoms with Gasteiger partial charge in [0, 0.05) is 12.6 Å². The van der Waals surface area contributed by atoms with Crippen molar-refractivity contribution < 1.29 is 9.72 Å². The van der Waals surface area contributed by atoms with Crippen LogP contribution in [-0.4, -0.2) is 17.4 Å². The van der Waals surface area contributed by atoms with Crippen LogP contribution in [0.2, 0.25) is 0 Å². The average Bonchev–Trinajstić information content (AvgIpc) is 2.28. The normalized spacial score (nSPS) is 10.3. The standard InChI is InChI=1S/C12H16N2O3/c1-9(2)7-8-13-12(15)10-5-3-4-6-11(10)14(16)17/h3-6,9H,7-8H2,1-2H3,(H,13,15). The van der Waals surface area contributed by atoms with Crippen LogP contribution in [0, 0.1) is 16.0 Å². The first-order chi connectivity index (χ1) is 8.02. The van der Waals surface area contributed by atoms with E-state index in [1.165, 1.54) is 12.1 Å². The Bertz CT molecular complexity index is 416. The lowest BCUT2D eigenvalue weighted by atomic mass is 10.1. The summed E-state index contributed by atoms with van der Waals surface area (Å²) in [6.07, 6.45) is 0.854. The van der Waals surface area contributed by atoms with Gasteiger partial charge in [0.15, 0.2) is 0 Å². The Hall–Kier alpha value is -1.91. The molecular weight excluding hydrogens is 220 g/mol. The van der Waals surface area contributed by atoms with Crippen LogP contribution in [0.3, 0.4) is 0 Å². The Morgan fingerprint density at radius 1 is 1.41 bits per heavy atom. The molecule has 0 heterocycles. The van der Waals surface area contributed by atoms with Crippen molar-refractivity contribution in [2.45, 2.75) is 20.3 Å². The number of nitrogens with one attached hydrogen (secondary N) is 1. The van der Waals surface area contributed by atoms with Crippen LogP contribution in [0.4, 0.5) is 5.69 Å². The Morgan fingerprint density at radius 3 is 2.65 bits per heavy atom. The van der Waals surface area contributed by atoms with Gasteiger partial charge < -0.3 is 5.32 Å². The molecule has 1 rings (SSSR count). The number of nitrogens with zero attached hydrogens (tertiary/aromatic N) is 1. The number of carbonyl (C=O) groups excluding carboxylic acids is 1. The summed E-state index contributed by atoms with van der Waals surface area (Å²) in [6, 6.07) is 5.95. The first-order valence-corrected chi connectivity index (χ1v) is 5.54. The quantitative estimate of drug-likeness (QED) is 0.630. The van der Waals surface area contributed by atoms with Gasteiger partial charge in [-0.15, -0.1) is 0 Å². The maximum absolute atomic E-state index is 11.7. The van der Waals surface area contributed by atoms with Crippen molar-refractivity contribution in [3.63, 3.8) is 0 Å². The SMILES string of the molecule is CC(C)CCNC(=O)c1ccccc1[N+](=O)[O-]. The topological polar surface area (TPSA) is 72.2 Å². The summed E-state index contributed by atoms with van der Waals surface area (Å²) in [5.74, 6) is 0.0963. The highest BCUT2D eigenvalue weighted by Crippen LogP contribution is 2.17. The molecule has 0 fully saturated rings. The third-order valence-electron chi connectivity index (χ3n) is 2.35. The lowest BCUT2D eigenvalue weighted by molar-refractivity contribution is -0.385. The summed E-state index contributed by atoms with van der Waals surface area (Å²) in [7, 11) is 0. The minimum atomic E-state index is -0.544. The second-order valence-corrected chi connectivity index (χ2v) is 4.21. The number of carbonyl (C=O) groups is 1. The van der Waals surface area contributed by atoms with E-state index in [4.69, 9.17) is 0 Å². The highest BCUT2D eigenvalue weighted by Gasteiger charge is 2.18. The molecule has 0 unspecified atom stereocenters. The van der Waals surface area contributed by atoms with Crippen LogP contribution in [0.15, 0.2) is 24.3 Å². The van der Waals surface area contributed by atoms with Crippen molar-refractivity contribution in [3.05, 3.63) is 39.9 Å². The van der Waals surface area contributed by atoms with Crippen LogP contribution in [-0.2, 0) is 0 Å². The second-order valence-electron chi connectivity index (χ2n) is 4.21. The number of benzene rings is 1. The van der Waals surface area contributed by atoms with Crippen molar-refractivity contribution in [1.29, 1.82) is 0 Å². The van der Waals surface area contributed by atoms with E-state index in [9.17, 15) is 14.9 Å². The number of nitro benzene ring substituents is 1. The number of nitro groups is 1. The lowest BCUT2D eigenvalue weighted by Gasteiger charge is -2.07.